The Labute approximate surface area is 79.7 Å². The highest BCUT2D eigenvalue weighted by Gasteiger charge is 2.40. The molecule has 0 unspecified atom stereocenters. The van der Waals surface area contributed by atoms with E-state index >= 15 is 0 Å². The van der Waals surface area contributed by atoms with Crippen LogP contribution < -0.4 is 0 Å². The number of rotatable bonds is 4. The predicted octanol–water partition coefficient (Wildman–Crippen LogP) is 0.0729. The number of hydrogen-bond acceptors (Lipinski definition) is 5. The highest BCUT2D eigenvalue weighted by atomic mass is 17.0. The molecule has 1 fully saturated rings. The van der Waals surface area contributed by atoms with E-state index in [0.29, 0.717) is 0 Å². The molecule has 0 spiro atoms. The number of carboxylic acid groups (broad SMARTS) is 1. The number of hydrogen-bond donors (Lipinski definition) is 1. The zero-order valence-corrected chi connectivity index (χ0v) is 7.58. The van der Waals surface area contributed by atoms with Crippen molar-refractivity contribution in [2.45, 2.75) is 25.0 Å². The van der Waals surface area contributed by atoms with E-state index in [0.717, 1.165) is 0 Å². The molecule has 0 radical (unpaired) electrons. The van der Waals surface area contributed by atoms with E-state index in [-0.39, 0.29) is 12.8 Å². The molecule has 0 aromatic rings. The fourth-order valence-corrected chi connectivity index (χ4v) is 1.63. The van der Waals surface area contributed by atoms with Crippen LogP contribution in [0.5, 0.6) is 0 Å². The lowest BCUT2D eigenvalue weighted by molar-refractivity contribution is -0.770. The standard InChI is InChI=1S/C7H11NO6/c1-13-5-2-4(7(9)10)3-6(5)14-8(11)12/h4-6H,2-3H2,1H3,(H,9,10)/t4-,5+,6+/m0/s1. The van der Waals surface area contributed by atoms with Gasteiger partial charge in [-0.05, 0) is 12.8 Å². The second kappa shape index (κ2) is 4.23. The van der Waals surface area contributed by atoms with Gasteiger partial charge in [0.15, 0.2) is 0 Å². The van der Waals surface area contributed by atoms with Gasteiger partial charge in [0.05, 0.1) is 12.0 Å². The molecule has 0 aromatic carbocycles. The van der Waals surface area contributed by atoms with E-state index in [1.807, 2.05) is 0 Å². The van der Waals surface area contributed by atoms with Crippen molar-refractivity contribution >= 4 is 5.97 Å². The van der Waals surface area contributed by atoms with Gasteiger partial charge in [-0.25, -0.2) is 0 Å². The molecule has 0 saturated heterocycles. The summed E-state index contributed by atoms with van der Waals surface area (Å²) < 4.78 is 4.91. The zero-order valence-electron chi connectivity index (χ0n) is 7.58. The molecule has 1 aliphatic carbocycles. The van der Waals surface area contributed by atoms with E-state index in [4.69, 9.17) is 9.84 Å². The Hall–Kier alpha value is -1.37. The average molecular weight is 205 g/mol. The molecule has 0 aromatic heterocycles. The minimum absolute atomic E-state index is 0.120. The van der Waals surface area contributed by atoms with E-state index in [2.05, 4.69) is 4.84 Å². The maximum atomic E-state index is 10.6. The minimum atomic E-state index is -0.971. The third-order valence-electron chi connectivity index (χ3n) is 2.32. The summed E-state index contributed by atoms with van der Waals surface area (Å²) in [5, 5.41) is 17.9. The summed E-state index contributed by atoms with van der Waals surface area (Å²) in [5.41, 5.74) is 0. The van der Waals surface area contributed by atoms with Gasteiger partial charge in [0, 0.05) is 7.11 Å². The second-order valence-corrected chi connectivity index (χ2v) is 3.15. The first-order chi connectivity index (χ1) is 6.54. The third kappa shape index (κ3) is 2.32. The smallest absolute Gasteiger partial charge is 0.306 e. The van der Waals surface area contributed by atoms with Crippen LogP contribution in [-0.2, 0) is 14.4 Å². The highest BCUT2D eigenvalue weighted by Crippen LogP contribution is 2.30. The first-order valence-electron chi connectivity index (χ1n) is 4.11. The van der Waals surface area contributed by atoms with Gasteiger partial charge >= 0.3 is 5.97 Å². The molecule has 7 nitrogen and oxygen atoms in total. The number of aliphatic carboxylic acids is 1. The normalized spacial score (nSPS) is 31.4. The molecule has 1 N–H and O–H groups in total. The van der Waals surface area contributed by atoms with Crippen LogP contribution in [0.25, 0.3) is 0 Å². The van der Waals surface area contributed by atoms with E-state index in [1.54, 1.807) is 0 Å². The first-order valence-corrected chi connectivity index (χ1v) is 4.11. The van der Waals surface area contributed by atoms with Crippen LogP contribution >= 0.6 is 0 Å². The lowest BCUT2D eigenvalue weighted by atomic mass is 10.1. The van der Waals surface area contributed by atoms with Crippen molar-refractivity contribution in [3.05, 3.63) is 10.1 Å². The van der Waals surface area contributed by atoms with Crippen LogP contribution in [0.15, 0.2) is 0 Å². The first kappa shape index (κ1) is 10.7. The van der Waals surface area contributed by atoms with Gasteiger partial charge < -0.3 is 14.7 Å². The Bertz CT molecular complexity index is 242. The molecule has 1 rings (SSSR count). The average Bonchev–Trinajstić information content (AvgIpc) is 2.46. The van der Waals surface area contributed by atoms with Crippen molar-refractivity contribution in [1.29, 1.82) is 0 Å². The topological polar surface area (TPSA) is 98.9 Å². The molecule has 80 valence electrons. The molecular weight excluding hydrogens is 194 g/mol. The Balaban J connectivity index is 2.57. The summed E-state index contributed by atoms with van der Waals surface area (Å²) in [7, 11) is 1.38. The van der Waals surface area contributed by atoms with Crippen molar-refractivity contribution in [3.8, 4) is 0 Å². The minimum Gasteiger partial charge on any atom is -0.481 e. The van der Waals surface area contributed by atoms with Crippen LogP contribution in [0.2, 0.25) is 0 Å². The quantitative estimate of drug-likeness (QED) is 0.515. The summed E-state index contributed by atoms with van der Waals surface area (Å²) in [6.07, 6.45) is -0.906. The molecule has 7 heteroatoms. The number of methoxy groups -OCH3 is 1. The van der Waals surface area contributed by atoms with Crippen LogP contribution in [0.4, 0.5) is 0 Å². The van der Waals surface area contributed by atoms with Gasteiger partial charge in [-0.2, -0.15) is 0 Å². The van der Waals surface area contributed by atoms with Gasteiger partial charge in [-0.15, -0.1) is 10.1 Å². The molecule has 0 aliphatic heterocycles. The van der Waals surface area contributed by atoms with Crippen molar-refractivity contribution in [2.75, 3.05) is 7.11 Å². The summed E-state index contributed by atoms with van der Waals surface area (Å²) in [6, 6.07) is 0. The molecular formula is C7H11NO6. The largest absolute Gasteiger partial charge is 0.481 e. The number of carbonyl (C=O) groups is 1. The van der Waals surface area contributed by atoms with Crippen molar-refractivity contribution in [2.24, 2.45) is 5.92 Å². The maximum Gasteiger partial charge on any atom is 0.306 e. The van der Waals surface area contributed by atoms with Gasteiger partial charge in [0.2, 0.25) is 0 Å². The third-order valence-corrected chi connectivity index (χ3v) is 2.32. The molecule has 3 atom stereocenters. The Morgan fingerprint density at radius 1 is 1.50 bits per heavy atom. The summed E-state index contributed by atoms with van der Waals surface area (Å²) >= 11 is 0. The fraction of sp³-hybridized carbons (Fsp3) is 0.857. The number of ether oxygens (including phenoxy) is 1. The van der Waals surface area contributed by atoms with E-state index < -0.39 is 29.2 Å². The van der Waals surface area contributed by atoms with Gasteiger partial charge in [-0.3, -0.25) is 4.79 Å². The van der Waals surface area contributed by atoms with Crippen LogP contribution in [0, 0.1) is 16.0 Å². The maximum absolute atomic E-state index is 10.6. The molecule has 1 saturated carbocycles. The van der Waals surface area contributed by atoms with E-state index in [9.17, 15) is 14.9 Å². The van der Waals surface area contributed by atoms with Crippen molar-refractivity contribution < 1.29 is 24.6 Å². The number of carboxylic acids is 1. The van der Waals surface area contributed by atoms with Gasteiger partial charge in [0.25, 0.3) is 5.09 Å². The molecule has 0 amide bonds. The lowest BCUT2D eigenvalue weighted by Gasteiger charge is -2.14. The van der Waals surface area contributed by atoms with Crippen molar-refractivity contribution in [3.63, 3.8) is 0 Å². The second-order valence-electron chi connectivity index (χ2n) is 3.15. The summed E-state index contributed by atoms with van der Waals surface area (Å²) in [4.78, 5) is 25.0. The SMILES string of the molecule is CO[C@@H]1C[C@H](C(=O)O)C[C@H]1O[N+](=O)[O-]. The van der Waals surface area contributed by atoms with Crippen LogP contribution in [-0.4, -0.2) is 35.5 Å². The molecule has 14 heavy (non-hydrogen) atoms. The lowest BCUT2D eigenvalue weighted by Crippen LogP contribution is -2.27. The Morgan fingerprint density at radius 2 is 2.07 bits per heavy atom. The Kier molecular flexibility index (Phi) is 3.23. The highest BCUT2D eigenvalue weighted by molar-refractivity contribution is 5.70. The van der Waals surface area contributed by atoms with E-state index in [1.165, 1.54) is 7.11 Å². The molecule has 0 bridgehead atoms. The predicted molar refractivity (Wildman–Crippen MR) is 43.0 cm³/mol. The number of nitrogens with zero attached hydrogens (tertiary/aromatic N) is 1. The molecule has 1 aliphatic rings. The summed E-state index contributed by atoms with van der Waals surface area (Å²) in [5.74, 6) is -1.59. The zero-order chi connectivity index (χ0) is 10.7. The monoisotopic (exact) mass is 205 g/mol. The van der Waals surface area contributed by atoms with Crippen molar-refractivity contribution in [1.82, 2.24) is 0 Å². The fourth-order valence-electron chi connectivity index (χ4n) is 1.63. The van der Waals surface area contributed by atoms with Gasteiger partial charge in [-0.1, -0.05) is 0 Å². The van der Waals surface area contributed by atoms with Crippen LogP contribution in [0.1, 0.15) is 12.8 Å². The molecule has 0 heterocycles. The Morgan fingerprint density at radius 3 is 2.50 bits per heavy atom. The summed E-state index contributed by atoms with van der Waals surface area (Å²) in [6.45, 7) is 0. The van der Waals surface area contributed by atoms with Gasteiger partial charge in [0.1, 0.15) is 6.10 Å². The van der Waals surface area contributed by atoms with Crippen LogP contribution in [0.3, 0.4) is 0 Å².